The summed E-state index contributed by atoms with van der Waals surface area (Å²) in [5, 5.41) is 3.34. The lowest BCUT2D eigenvalue weighted by Crippen LogP contribution is -2.59. The minimum Gasteiger partial charge on any atom is -0.492 e. The average molecular weight is 443 g/mol. The topological polar surface area (TPSA) is 60.0 Å². The molecular formula is C26H38N2O4. The van der Waals surface area contributed by atoms with Gasteiger partial charge < -0.3 is 19.5 Å². The standard InChI is InChI=1S/C26H38N2O4/c29-26(25-9-3-4-16-30-25)27-22-7-5-14-28-15-17-31-24-8-2-1-6-21(24)19-10-12-20(13-11-19)32-18-23(22)28/h1-2,6,8,19-20,22-23,25H,3-5,7,9-18H2,(H,27,29)/t19?,20?,22-,23-,25+/m0/s1. The molecule has 0 aromatic heterocycles. The van der Waals surface area contributed by atoms with E-state index in [-0.39, 0.29) is 24.1 Å². The maximum atomic E-state index is 12.9. The molecule has 1 N–H and O–H groups in total. The fraction of sp³-hybridized carbons (Fsp3) is 0.731. The molecule has 1 aromatic carbocycles. The van der Waals surface area contributed by atoms with Crippen molar-refractivity contribution in [2.75, 3.05) is 32.9 Å². The van der Waals surface area contributed by atoms with Crippen molar-refractivity contribution < 1.29 is 19.0 Å². The fourth-order valence-corrected chi connectivity index (χ4v) is 6.01. The van der Waals surface area contributed by atoms with E-state index in [1.807, 2.05) is 0 Å². The maximum Gasteiger partial charge on any atom is 0.249 e. The van der Waals surface area contributed by atoms with E-state index in [9.17, 15) is 4.79 Å². The minimum absolute atomic E-state index is 0.0603. The zero-order chi connectivity index (χ0) is 21.8. The van der Waals surface area contributed by atoms with Gasteiger partial charge in [-0.1, -0.05) is 18.2 Å². The van der Waals surface area contributed by atoms with Crippen LogP contribution in [-0.4, -0.2) is 68.0 Å². The number of benzene rings is 1. The summed E-state index contributed by atoms with van der Waals surface area (Å²) >= 11 is 0. The molecule has 6 rings (SSSR count). The molecular weight excluding hydrogens is 404 g/mol. The summed E-state index contributed by atoms with van der Waals surface area (Å²) in [6.45, 7) is 3.92. The van der Waals surface area contributed by atoms with Gasteiger partial charge in [-0.05, 0) is 81.9 Å². The molecule has 6 heteroatoms. The van der Waals surface area contributed by atoms with E-state index in [0.717, 1.165) is 76.6 Å². The van der Waals surface area contributed by atoms with Crippen LogP contribution in [0.4, 0.5) is 0 Å². The van der Waals surface area contributed by atoms with E-state index >= 15 is 0 Å². The zero-order valence-corrected chi connectivity index (χ0v) is 19.2. The number of hydrogen-bond donors (Lipinski definition) is 1. The van der Waals surface area contributed by atoms with Gasteiger partial charge in [0.2, 0.25) is 5.91 Å². The van der Waals surface area contributed by atoms with Gasteiger partial charge in [-0.25, -0.2) is 0 Å². The third-order valence-corrected chi connectivity index (χ3v) is 7.87. The Balaban J connectivity index is 1.30. The smallest absolute Gasteiger partial charge is 0.249 e. The average Bonchev–Trinajstić information content (AvgIpc) is 2.86. The van der Waals surface area contributed by atoms with Crippen LogP contribution >= 0.6 is 0 Å². The Hall–Kier alpha value is -1.63. The van der Waals surface area contributed by atoms with Crippen molar-refractivity contribution in [3.8, 4) is 5.75 Å². The van der Waals surface area contributed by atoms with Crippen LogP contribution in [0.5, 0.6) is 5.75 Å². The monoisotopic (exact) mass is 442 g/mol. The number of carbonyl (C=O) groups excluding carboxylic acids is 1. The predicted molar refractivity (Wildman–Crippen MR) is 123 cm³/mol. The molecule has 6 nitrogen and oxygen atoms in total. The van der Waals surface area contributed by atoms with E-state index < -0.39 is 0 Å². The van der Waals surface area contributed by atoms with Crippen LogP contribution in [0.2, 0.25) is 0 Å². The first-order chi connectivity index (χ1) is 15.8. The lowest BCUT2D eigenvalue weighted by atomic mass is 9.82. The fourth-order valence-electron chi connectivity index (χ4n) is 6.01. The molecule has 0 spiro atoms. The van der Waals surface area contributed by atoms with Gasteiger partial charge in [-0.15, -0.1) is 0 Å². The number of rotatable bonds is 2. The Labute approximate surface area is 192 Å². The van der Waals surface area contributed by atoms with Gasteiger partial charge in [0.25, 0.3) is 0 Å². The summed E-state index contributed by atoms with van der Waals surface area (Å²) < 4.78 is 18.6. The molecule has 1 aromatic rings. The molecule has 1 aliphatic carbocycles. The molecule has 1 amide bonds. The molecule has 3 fully saturated rings. The molecule has 0 unspecified atom stereocenters. The molecule has 5 aliphatic rings. The van der Waals surface area contributed by atoms with Crippen LogP contribution in [0.15, 0.2) is 24.3 Å². The van der Waals surface area contributed by atoms with Crippen molar-refractivity contribution in [3.63, 3.8) is 0 Å². The molecule has 2 saturated heterocycles. The lowest BCUT2D eigenvalue weighted by Gasteiger charge is -2.42. The van der Waals surface area contributed by atoms with Crippen molar-refractivity contribution >= 4 is 5.91 Å². The van der Waals surface area contributed by atoms with Crippen LogP contribution in [0.1, 0.15) is 69.3 Å². The first-order valence-corrected chi connectivity index (χ1v) is 12.8. The van der Waals surface area contributed by atoms with Gasteiger partial charge >= 0.3 is 0 Å². The summed E-state index contributed by atoms with van der Waals surface area (Å²) in [5.74, 6) is 1.67. The van der Waals surface area contributed by atoms with Gasteiger partial charge in [-0.2, -0.15) is 0 Å². The number of amides is 1. The normalized spacial score (nSPS) is 34.1. The highest BCUT2D eigenvalue weighted by Crippen LogP contribution is 2.38. The maximum absolute atomic E-state index is 12.9. The summed E-state index contributed by atoms with van der Waals surface area (Å²) in [7, 11) is 0. The van der Waals surface area contributed by atoms with Crippen molar-refractivity contribution in [1.82, 2.24) is 10.2 Å². The molecule has 4 aliphatic heterocycles. The number of fused-ring (bicyclic) bond motifs is 5. The number of nitrogens with zero attached hydrogens (tertiary/aromatic N) is 1. The Morgan fingerprint density at radius 2 is 1.78 bits per heavy atom. The number of carbonyl (C=O) groups is 1. The van der Waals surface area contributed by atoms with Gasteiger partial charge in [0.15, 0.2) is 0 Å². The van der Waals surface area contributed by atoms with E-state index in [2.05, 4.69) is 34.5 Å². The van der Waals surface area contributed by atoms with Crippen LogP contribution in [0, 0.1) is 0 Å². The summed E-state index contributed by atoms with van der Waals surface area (Å²) in [4.78, 5) is 15.4. The number of ether oxygens (including phenoxy) is 3. The Kier molecular flexibility index (Phi) is 7.30. The van der Waals surface area contributed by atoms with Crippen molar-refractivity contribution in [1.29, 1.82) is 0 Å². The second kappa shape index (κ2) is 10.5. The summed E-state index contributed by atoms with van der Waals surface area (Å²) in [6, 6.07) is 8.87. The van der Waals surface area contributed by atoms with E-state index in [0.29, 0.717) is 31.8 Å². The highest BCUT2D eigenvalue weighted by atomic mass is 16.5. The molecule has 3 atom stereocenters. The Bertz CT molecular complexity index is 758. The molecule has 32 heavy (non-hydrogen) atoms. The van der Waals surface area contributed by atoms with Crippen molar-refractivity contribution in [3.05, 3.63) is 29.8 Å². The first kappa shape index (κ1) is 22.2. The number of nitrogens with one attached hydrogen (secondary N) is 1. The number of para-hydroxylation sites is 1. The zero-order valence-electron chi connectivity index (χ0n) is 19.2. The van der Waals surface area contributed by atoms with Gasteiger partial charge in [0.1, 0.15) is 18.5 Å². The second-order valence-electron chi connectivity index (χ2n) is 9.91. The Morgan fingerprint density at radius 1 is 0.906 bits per heavy atom. The summed E-state index contributed by atoms with van der Waals surface area (Å²) in [5.41, 5.74) is 1.36. The van der Waals surface area contributed by atoms with Gasteiger partial charge in [0.05, 0.1) is 18.8 Å². The third kappa shape index (κ3) is 5.13. The summed E-state index contributed by atoms with van der Waals surface area (Å²) in [6.07, 6.45) is 9.57. The van der Waals surface area contributed by atoms with Crippen molar-refractivity contribution in [2.45, 2.75) is 88.0 Å². The minimum atomic E-state index is -0.287. The first-order valence-electron chi connectivity index (χ1n) is 12.8. The number of piperidine rings is 1. The van der Waals surface area contributed by atoms with Crippen LogP contribution in [0.3, 0.4) is 0 Å². The highest BCUT2D eigenvalue weighted by Gasteiger charge is 2.36. The highest BCUT2D eigenvalue weighted by molar-refractivity contribution is 5.81. The van der Waals surface area contributed by atoms with Gasteiger partial charge in [-0.3, -0.25) is 9.69 Å². The number of hydrogen-bond acceptors (Lipinski definition) is 5. The van der Waals surface area contributed by atoms with Gasteiger partial charge in [0, 0.05) is 19.2 Å². The Morgan fingerprint density at radius 3 is 2.62 bits per heavy atom. The molecule has 176 valence electrons. The van der Waals surface area contributed by atoms with Crippen molar-refractivity contribution in [2.24, 2.45) is 0 Å². The molecule has 1 saturated carbocycles. The SMILES string of the molecule is O=C(N[C@H]1CCCN2CCOc3ccccc3C3CCC(CC3)OC[C@@H]12)[C@H]1CCCCO1. The molecule has 0 radical (unpaired) electrons. The van der Waals surface area contributed by atoms with Crippen LogP contribution < -0.4 is 10.1 Å². The lowest BCUT2D eigenvalue weighted by molar-refractivity contribution is -0.137. The largest absolute Gasteiger partial charge is 0.492 e. The van der Waals surface area contributed by atoms with E-state index in [1.165, 1.54) is 5.56 Å². The second-order valence-corrected chi connectivity index (χ2v) is 9.91. The predicted octanol–water partition coefficient (Wildman–Crippen LogP) is 3.64. The van der Waals surface area contributed by atoms with Crippen LogP contribution in [0.25, 0.3) is 0 Å². The molecule has 4 heterocycles. The van der Waals surface area contributed by atoms with Crippen LogP contribution in [-0.2, 0) is 14.3 Å². The van der Waals surface area contributed by atoms with E-state index in [4.69, 9.17) is 14.2 Å². The third-order valence-electron chi connectivity index (χ3n) is 7.87. The quantitative estimate of drug-likeness (QED) is 0.758. The van der Waals surface area contributed by atoms with E-state index in [1.54, 1.807) is 0 Å². The molecule has 2 bridgehead atoms.